The monoisotopic (exact) mass is 481 g/mol. The van der Waals surface area contributed by atoms with Crippen molar-refractivity contribution in [2.45, 2.75) is 4.90 Å². The number of hydrogen-bond donors (Lipinski definition) is 0. The standard InChI is InChI=1S/C18H13BrINS/c1-22-16-10-17(12-5-7-15(20)8-6-12)21-18(11-16)13-3-2-4-14(19)9-13/h2-11H,1H3. The van der Waals surface area contributed by atoms with Crippen molar-refractivity contribution in [2.75, 3.05) is 6.26 Å². The molecule has 0 N–H and O–H groups in total. The van der Waals surface area contributed by atoms with Crippen LogP contribution in [0.5, 0.6) is 0 Å². The fourth-order valence-electron chi connectivity index (χ4n) is 2.19. The van der Waals surface area contributed by atoms with Crippen LogP contribution in [-0.4, -0.2) is 11.2 Å². The maximum absolute atomic E-state index is 4.86. The first-order chi connectivity index (χ1) is 10.7. The zero-order valence-corrected chi connectivity index (χ0v) is 16.4. The minimum atomic E-state index is 1.00. The van der Waals surface area contributed by atoms with Gasteiger partial charge in [0.15, 0.2) is 0 Å². The van der Waals surface area contributed by atoms with Crippen molar-refractivity contribution >= 4 is 50.3 Å². The Balaban J connectivity index is 2.12. The van der Waals surface area contributed by atoms with E-state index < -0.39 is 0 Å². The van der Waals surface area contributed by atoms with Crippen molar-refractivity contribution in [3.8, 4) is 22.5 Å². The Hall–Kier alpha value is -0.850. The molecule has 3 rings (SSSR count). The summed E-state index contributed by atoms with van der Waals surface area (Å²) in [4.78, 5) is 6.08. The lowest BCUT2D eigenvalue weighted by atomic mass is 10.1. The molecule has 0 aliphatic rings. The molecule has 0 unspecified atom stereocenters. The van der Waals surface area contributed by atoms with Crippen LogP contribution in [0.2, 0.25) is 0 Å². The van der Waals surface area contributed by atoms with E-state index in [0.717, 1.165) is 27.0 Å². The zero-order chi connectivity index (χ0) is 15.5. The zero-order valence-electron chi connectivity index (χ0n) is 11.9. The molecule has 2 aromatic carbocycles. The minimum Gasteiger partial charge on any atom is -0.248 e. The molecule has 0 fully saturated rings. The van der Waals surface area contributed by atoms with Gasteiger partial charge in [0.2, 0.25) is 0 Å². The normalized spacial score (nSPS) is 10.7. The van der Waals surface area contributed by atoms with Crippen molar-refractivity contribution in [1.82, 2.24) is 4.98 Å². The number of pyridine rings is 1. The number of nitrogens with zero attached hydrogens (tertiary/aromatic N) is 1. The van der Waals surface area contributed by atoms with Crippen molar-refractivity contribution in [3.05, 3.63) is 68.7 Å². The molecule has 0 amide bonds. The topological polar surface area (TPSA) is 12.9 Å². The van der Waals surface area contributed by atoms with E-state index in [0.29, 0.717) is 0 Å². The predicted molar refractivity (Wildman–Crippen MR) is 107 cm³/mol. The Bertz CT molecular complexity index is 802. The van der Waals surface area contributed by atoms with Crippen molar-refractivity contribution < 1.29 is 0 Å². The maximum Gasteiger partial charge on any atom is 0.0721 e. The number of halogens is 2. The quantitative estimate of drug-likeness (QED) is 0.312. The van der Waals surface area contributed by atoms with Crippen LogP contribution >= 0.6 is 50.3 Å². The van der Waals surface area contributed by atoms with Crippen LogP contribution in [0.25, 0.3) is 22.5 Å². The number of thioether (sulfide) groups is 1. The van der Waals surface area contributed by atoms with Gasteiger partial charge in [0.05, 0.1) is 11.4 Å². The molecule has 1 nitrogen and oxygen atoms in total. The molecule has 1 heterocycles. The summed E-state index contributed by atoms with van der Waals surface area (Å²) in [6, 6.07) is 21.0. The molecule has 1 aromatic heterocycles. The molecule has 110 valence electrons. The van der Waals surface area contributed by atoms with Crippen molar-refractivity contribution in [3.63, 3.8) is 0 Å². The van der Waals surface area contributed by atoms with Gasteiger partial charge in [-0.1, -0.05) is 40.2 Å². The summed E-state index contributed by atoms with van der Waals surface area (Å²) >= 11 is 7.59. The summed E-state index contributed by atoms with van der Waals surface area (Å²) in [7, 11) is 0. The van der Waals surface area contributed by atoms with E-state index in [2.05, 4.69) is 93.3 Å². The smallest absolute Gasteiger partial charge is 0.0721 e. The lowest BCUT2D eigenvalue weighted by Gasteiger charge is -2.09. The highest BCUT2D eigenvalue weighted by Gasteiger charge is 2.07. The highest BCUT2D eigenvalue weighted by molar-refractivity contribution is 14.1. The van der Waals surface area contributed by atoms with Gasteiger partial charge in [-0.25, -0.2) is 4.98 Å². The average Bonchev–Trinajstić information content (AvgIpc) is 2.55. The van der Waals surface area contributed by atoms with Crippen molar-refractivity contribution in [2.24, 2.45) is 0 Å². The van der Waals surface area contributed by atoms with Crippen molar-refractivity contribution in [1.29, 1.82) is 0 Å². The van der Waals surface area contributed by atoms with Gasteiger partial charge >= 0.3 is 0 Å². The van der Waals surface area contributed by atoms with E-state index >= 15 is 0 Å². The molecule has 0 atom stereocenters. The number of aromatic nitrogens is 1. The molecular weight excluding hydrogens is 469 g/mol. The molecule has 0 aliphatic carbocycles. The summed E-state index contributed by atoms with van der Waals surface area (Å²) in [5, 5.41) is 0. The number of rotatable bonds is 3. The summed E-state index contributed by atoms with van der Waals surface area (Å²) in [5.41, 5.74) is 4.28. The Morgan fingerprint density at radius 1 is 0.909 bits per heavy atom. The van der Waals surface area contributed by atoms with Gasteiger partial charge in [-0.15, -0.1) is 11.8 Å². The molecule has 4 heteroatoms. The largest absolute Gasteiger partial charge is 0.248 e. The van der Waals surface area contributed by atoms with Gasteiger partial charge in [0, 0.05) is 24.1 Å². The third-order valence-corrected chi connectivity index (χ3v) is 5.21. The van der Waals surface area contributed by atoms with Crippen LogP contribution in [0.15, 0.2) is 70.0 Å². The molecule has 22 heavy (non-hydrogen) atoms. The molecule has 0 bridgehead atoms. The van der Waals surface area contributed by atoms with E-state index in [-0.39, 0.29) is 0 Å². The maximum atomic E-state index is 4.86. The first-order valence-electron chi connectivity index (χ1n) is 6.73. The summed E-state index contributed by atoms with van der Waals surface area (Å²) in [6.07, 6.45) is 2.09. The van der Waals surface area contributed by atoms with Gasteiger partial charge in [-0.05, 0) is 65.2 Å². The van der Waals surface area contributed by atoms with Gasteiger partial charge in [-0.2, -0.15) is 0 Å². The van der Waals surface area contributed by atoms with Crippen LogP contribution in [-0.2, 0) is 0 Å². The van der Waals surface area contributed by atoms with Crippen LogP contribution in [0.1, 0.15) is 0 Å². The van der Waals surface area contributed by atoms with Gasteiger partial charge in [0.1, 0.15) is 0 Å². The van der Waals surface area contributed by atoms with Crippen LogP contribution in [0.4, 0.5) is 0 Å². The predicted octanol–water partition coefficient (Wildman–Crippen LogP) is 6.50. The molecule has 0 radical (unpaired) electrons. The Kier molecular flexibility index (Phi) is 5.21. The van der Waals surface area contributed by atoms with Crippen LogP contribution in [0, 0.1) is 3.57 Å². The van der Waals surface area contributed by atoms with Crippen LogP contribution in [0.3, 0.4) is 0 Å². The minimum absolute atomic E-state index is 1.00. The first kappa shape index (κ1) is 16.0. The first-order valence-corrected chi connectivity index (χ1v) is 9.83. The summed E-state index contributed by atoms with van der Waals surface area (Å²) < 4.78 is 2.30. The van der Waals surface area contributed by atoms with E-state index in [1.807, 2.05) is 12.1 Å². The van der Waals surface area contributed by atoms with Gasteiger partial charge in [-0.3, -0.25) is 0 Å². The SMILES string of the molecule is CSc1cc(-c2ccc(I)cc2)nc(-c2cccc(Br)c2)c1. The molecule has 3 aromatic rings. The summed E-state index contributed by atoms with van der Waals surface area (Å²) in [6.45, 7) is 0. The second-order valence-electron chi connectivity index (χ2n) is 4.79. The molecule has 0 aliphatic heterocycles. The van der Waals surface area contributed by atoms with E-state index in [4.69, 9.17) is 4.98 Å². The average molecular weight is 482 g/mol. The number of benzene rings is 2. The molecule has 0 saturated heterocycles. The molecular formula is C18H13BrINS. The van der Waals surface area contributed by atoms with E-state index in [1.165, 1.54) is 8.47 Å². The third-order valence-electron chi connectivity index (χ3n) is 3.29. The Morgan fingerprint density at radius 3 is 2.23 bits per heavy atom. The fourth-order valence-corrected chi connectivity index (χ4v) is 3.41. The highest BCUT2D eigenvalue weighted by atomic mass is 127. The van der Waals surface area contributed by atoms with E-state index in [1.54, 1.807) is 11.8 Å². The molecule has 0 spiro atoms. The lowest BCUT2D eigenvalue weighted by molar-refractivity contribution is 1.26. The highest BCUT2D eigenvalue weighted by Crippen LogP contribution is 2.30. The number of hydrogen-bond acceptors (Lipinski definition) is 2. The summed E-state index contributed by atoms with van der Waals surface area (Å²) in [5.74, 6) is 0. The van der Waals surface area contributed by atoms with Gasteiger partial charge < -0.3 is 0 Å². The van der Waals surface area contributed by atoms with Crippen LogP contribution < -0.4 is 0 Å². The fraction of sp³-hybridized carbons (Fsp3) is 0.0556. The molecule has 0 saturated carbocycles. The second-order valence-corrected chi connectivity index (χ2v) is 7.84. The third kappa shape index (κ3) is 3.73. The Labute approximate surface area is 156 Å². The van der Waals surface area contributed by atoms with Gasteiger partial charge in [0.25, 0.3) is 0 Å². The van der Waals surface area contributed by atoms with E-state index in [9.17, 15) is 0 Å². The Morgan fingerprint density at radius 2 is 1.59 bits per heavy atom. The second kappa shape index (κ2) is 7.15. The lowest BCUT2D eigenvalue weighted by Crippen LogP contribution is -1.90.